The highest BCUT2D eigenvalue weighted by atomic mass is 35.5. The minimum Gasteiger partial charge on any atom is -0.339 e. The van der Waals surface area contributed by atoms with Crippen LogP contribution in [-0.4, -0.2) is 24.5 Å². The first-order valence-electron chi connectivity index (χ1n) is 10.0. The van der Waals surface area contributed by atoms with Gasteiger partial charge in [-0.3, -0.25) is 9.52 Å². The van der Waals surface area contributed by atoms with Crippen LogP contribution in [0.3, 0.4) is 0 Å². The van der Waals surface area contributed by atoms with E-state index in [4.69, 9.17) is 16.1 Å². The molecule has 3 rings (SSSR count). The van der Waals surface area contributed by atoms with E-state index >= 15 is 0 Å². The number of hydrogen-bond donors (Lipinski definition) is 2. The third-order valence-corrected chi connectivity index (χ3v) is 6.17. The highest BCUT2D eigenvalue weighted by Crippen LogP contribution is 2.25. The quantitative estimate of drug-likeness (QED) is 0.483. The standard InChI is InChI=1S/C22H25ClN4O4S/c1-22(2,3)21-25-20(31-26-21)13-7-12-19(28)24-15-8-6-9-16(14-15)32(29,30)27-18-11-5-4-10-17(18)23/h4-6,8-11,14,27H,7,12-13H2,1-3H3,(H,24,28). The Labute approximate surface area is 192 Å². The molecule has 0 spiro atoms. The normalized spacial score (nSPS) is 11.9. The van der Waals surface area contributed by atoms with Gasteiger partial charge in [0.2, 0.25) is 11.8 Å². The average molecular weight is 477 g/mol. The van der Waals surface area contributed by atoms with Crippen LogP contribution < -0.4 is 10.0 Å². The van der Waals surface area contributed by atoms with Crippen LogP contribution in [0.15, 0.2) is 57.9 Å². The number of carbonyl (C=O) groups excluding carboxylic acids is 1. The van der Waals surface area contributed by atoms with Gasteiger partial charge < -0.3 is 9.84 Å². The number of aromatic nitrogens is 2. The summed E-state index contributed by atoms with van der Waals surface area (Å²) in [5, 5.41) is 6.97. The van der Waals surface area contributed by atoms with E-state index in [1.807, 2.05) is 20.8 Å². The topological polar surface area (TPSA) is 114 Å². The van der Waals surface area contributed by atoms with Gasteiger partial charge in [-0.15, -0.1) is 0 Å². The number of halogens is 1. The lowest BCUT2D eigenvalue weighted by Gasteiger charge is -2.11. The smallest absolute Gasteiger partial charge is 0.262 e. The number of para-hydroxylation sites is 1. The van der Waals surface area contributed by atoms with Crippen LogP contribution in [0.5, 0.6) is 0 Å². The number of hydrogen-bond acceptors (Lipinski definition) is 6. The molecule has 0 fully saturated rings. The first-order chi connectivity index (χ1) is 15.0. The van der Waals surface area contributed by atoms with Crippen molar-refractivity contribution >= 4 is 38.9 Å². The molecular weight excluding hydrogens is 452 g/mol. The van der Waals surface area contributed by atoms with Crippen LogP contribution >= 0.6 is 11.6 Å². The second kappa shape index (κ2) is 9.70. The summed E-state index contributed by atoms with van der Waals surface area (Å²) in [5.74, 6) is 0.871. The van der Waals surface area contributed by atoms with Gasteiger partial charge in [0.15, 0.2) is 5.82 Å². The predicted octanol–water partition coefficient (Wildman–Crippen LogP) is 4.78. The van der Waals surface area contributed by atoms with Gasteiger partial charge in [0.1, 0.15) is 0 Å². The predicted molar refractivity (Wildman–Crippen MR) is 123 cm³/mol. The molecule has 0 bridgehead atoms. The second-order valence-corrected chi connectivity index (χ2v) is 10.4. The molecule has 1 aromatic heterocycles. The van der Waals surface area contributed by atoms with Gasteiger partial charge in [-0.05, 0) is 36.8 Å². The molecule has 0 radical (unpaired) electrons. The Hall–Kier alpha value is -2.91. The molecule has 10 heteroatoms. The van der Waals surface area contributed by atoms with Crippen molar-refractivity contribution in [2.75, 3.05) is 10.0 Å². The average Bonchev–Trinajstić information content (AvgIpc) is 3.19. The molecule has 32 heavy (non-hydrogen) atoms. The molecule has 0 saturated heterocycles. The van der Waals surface area contributed by atoms with Gasteiger partial charge in [-0.1, -0.05) is 55.7 Å². The second-order valence-electron chi connectivity index (χ2n) is 8.28. The number of nitrogens with one attached hydrogen (secondary N) is 2. The van der Waals surface area contributed by atoms with Gasteiger partial charge in [-0.25, -0.2) is 8.42 Å². The van der Waals surface area contributed by atoms with Crippen molar-refractivity contribution in [3.63, 3.8) is 0 Å². The largest absolute Gasteiger partial charge is 0.339 e. The van der Waals surface area contributed by atoms with E-state index in [9.17, 15) is 13.2 Å². The molecule has 0 aliphatic carbocycles. The zero-order valence-corrected chi connectivity index (χ0v) is 19.6. The number of sulfonamides is 1. The van der Waals surface area contributed by atoms with Gasteiger partial charge in [0.05, 0.1) is 15.6 Å². The molecule has 0 unspecified atom stereocenters. The zero-order chi connectivity index (χ0) is 23.4. The van der Waals surface area contributed by atoms with Crippen LogP contribution in [0.2, 0.25) is 5.02 Å². The van der Waals surface area contributed by atoms with E-state index in [0.29, 0.717) is 30.2 Å². The zero-order valence-electron chi connectivity index (χ0n) is 18.1. The summed E-state index contributed by atoms with van der Waals surface area (Å²) >= 11 is 6.04. The van der Waals surface area contributed by atoms with Crippen molar-refractivity contribution in [2.24, 2.45) is 0 Å². The lowest BCUT2D eigenvalue weighted by molar-refractivity contribution is -0.116. The molecule has 1 heterocycles. The summed E-state index contributed by atoms with van der Waals surface area (Å²) in [7, 11) is -3.87. The number of carbonyl (C=O) groups is 1. The lowest BCUT2D eigenvalue weighted by Crippen LogP contribution is -2.15. The van der Waals surface area contributed by atoms with E-state index in [0.717, 1.165) is 0 Å². The minimum atomic E-state index is -3.87. The van der Waals surface area contributed by atoms with Crippen molar-refractivity contribution < 1.29 is 17.7 Å². The summed E-state index contributed by atoms with van der Waals surface area (Å²) in [6.07, 6.45) is 1.22. The monoisotopic (exact) mass is 476 g/mol. The van der Waals surface area contributed by atoms with E-state index in [1.165, 1.54) is 12.1 Å². The highest BCUT2D eigenvalue weighted by molar-refractivity contribution is 7.92. The fraction of sp³-hybridized carbons (Fsp3) is 0.318. The molecule has 0 aliphatic heterocycles. The Bertz CT molecular complexity index is 1200. The molecular formula is C22H25ClN4O4S. The third-order valence-electron chi connectivity index (χ3n) is 4.48. The number of benzene rings is 2. The molecule has 1 amide bonds. The van der Waals surface area contributed by atoms with E-state index in [1.54, 1.807) is 36.4 Å². The van der Waals surface area contributed by atoms with Crippen LogP contribution in [0.4, 0.5) is 11.4 Å². The summed E-state index contributed by atoms with van der Waals surface area (Å²) in [6.45, 7) is 5.98. The van der Waals surface area contributed by atoms with Crippen molar-refractivity contribution in [3.8, 4) is 0 Å². The number of anilines is 2. The lowest BCUT2D eigenvalue weighted by atomic mass is 9.96. The number of rotatable bonds is 8. The first kappa shape index (κ1) is 23.7. The van der Waals surface area contributed by atoms with Crippen molar-refractivity contribution in [2.45, 2.75) is 50.3 Å². The van der Waals surface area contributed by atoms with E-state index in [2.05, 4.69) is 20.2 Å². The van der Waals surface area contributed by atoms with Crippen molar-refractivity contribution in [1.82, 2.24) is 10.1 Å². The van der Waals surface area contributed by atoms with Crippen LogP contribution in [0, 0.1) is 0 Å². The SMILES string of the molecule is CC(C)(C)c1noc(CCCC(=O)Nc2cccc(S(=O)(=O)Nc3ccccc3Cl)c2)n1. The summed E-state index contributed by atoms with van der Waals surface area (Å²) in [4.78, 5) is 16.7. The third kappa shape index (κ3) is 6.30. The van der Waals surface area contributed by atoms with Crippen LogP contribution in [-0.2, 0) is 26.7 Å². The maximum Gasteiger partial charge on any atom is 0.262 e. The Kier molecular flexibility index (Phi) is 7.20. The Balaban J connectivity index is 1.57. The molecule has 2 N–H and O–H groups in total. The maximum absolute atomic E-state index is 12.7. The fourth-order valence-electron chi connectivity index (χ4n) is 2.77. The van der Waals surface area contributed by atoms with E-state index < -0.39 is 10.0 Å². The Morgan fingerprint density at radius 2 is 1.88 bits per heavy atom. The molecule has 2 aromatic carbocycles. The molecule has 0 saturated carbocycles. The molecule has 0 atom stereocenters. The van der Waals surface area contributed by atoms with Crippen LogP contribution in [0.1, 0.15) is 45.3 Å². The van der Waals surface area contributed by atoms with E-state index in [-0.39, 0.29) is 33.3 Å². The highest BCUT2D eigenvalue weighted by Gasteiger charge is 2.21. The molecule has 0 aliphatic rings. The van der Waals surface area contributed by atoms with Crippen LogP contribution in [0.25, 0.3) is 0 Å². The fourth-order valence-corrected chi connectivity index (χ4v) is 4.14. The molecule has 8 nitrogen and oxygen atoms in total. The van der Waals surface area contributed by atoms with Gasteiger partial charge in [-0.2, -0.15) is 4.98 Å². The maximum atomic E-state index is 12.7. The van der Waals surface area contributed by atoms with Gasteiger partial charge >= 0.3 is 0 Å². The Morgan fingerprint density at radius 1 is 1.12 bits per heavy atom. The first-order valence-corrected chi connectivity index (χ1v) is 11.9. The summed E-state index contributed by atoms with van der Waals surface area (Å²) < 4.78 is 33.1. The number of aryl methyl sites for hydroxylation is 1. The number of amides is 1. The van der Waals surface area contributed by atoms with Gasteiger partial charge in [0.25, 0.3) is 10.0 Å². The summed E-state index contributed by atoms with van der Waals surface area (Å²) in [5.41, 5.74) is 0.453. The van der Waals surface area contributed by atoms with Crippen molar-refractivity contribution in [3.05, 3.63) is 65.3 Å². The van der Waals surface area contributed by atoms with Gasteiger partial charge in [0, 0.05) is 23.9 Å². The van der Waals surface area contributed by atoms with Crippen molar-refractivity contribution in [1.29, 1.82) is 0 Å². The Morgan fingerprint density at radius 3 is 2.56 bits per heavy atom. The number of nitrogens with zero attached hydrogens (tertiary/aromatic N) is 2. The minimum absolute atomic E-state index is 0.00999. The molecule has 170 valence electrons. The molecule has 3 aromatic rings. The summed E-state index contributed by atoms with van der Waals surface area (Å²) in [6, 6.07) is 12.6.